The molecule has 1 aromatic carbocycles. The first-order valence-electron chi connectivity index (χ1n) is 5.48. The van der Waals surface area contributed by atoms with Crippen molar-refractivity contribution in [3.8, 4) is 0 Å². The highest BCUT2D eigenvalue weighted by Gasteiger charge is 2.27. The van der Waals surface area contributed by atoms with Gasteiger partial charge < -0.3 is 4.74 Å². The average molecular weight is 190 g/mol. The van der Waals surface area contributed by atoms with Gasteiger partial charge in [0, 0.05) is 0 Å². The number of hydrogen-bond acceptors (Lipinski definition) is 1. The second kappa shape index (κ2) is 4.14. The Labute approximate surface area is 86.1 Å². The fourth-order valence-electron chi connectivity index (χ4n) is 2.07. The van der Waals surface area contributed by atoms with Gasteiger partial charge in [-0.05, 0) is 24.3 Å². The van der Waals surface area contributed by atoms with Crippen molar-refractivity contribution >= 4 is 0 Å². The van der Waals surface area contributed by atoms with Crippen LogP contribution in [0.25, 0.3) is 0 Å². The molecule has 76 valence electrons. The summed E-state index contributed by atoms with van der Waals surface area (Å²) in [6, 6.07) is 10.5. The van der Waals surface area contributed by atoms with Crippen LogP contribution in [0.2, 0.25) is 0 Å². The highest BCUT2D eigenvalue weighted by atomic mass is 16.5. The molecule has 2 atom stereocenters. The molecule has 0 aliphatic carbocycles. The third-order valence-electron chi connectivity index (χ3n) is 2.97. The van der Waals surface area contributed by atoms with Crippen LogP contribution < -0.4 is 0 Å². The van der Waals surface area contributed by atoms with Gasteiger partial charge in [0.25, 0.3) is 0 Å². The molecular weight excluding hydrogens is 172 g/mol. The Morgan fingerprint density at radius 1 is 1.14 bits per heavy atom. The third-order valence-corrected chi connectivity index (χ3v) is 2.97. The first-order valence-corrected chi connectivity index (χ1v) is 5.48. The van der Waals surface area contributed by atoms with Gasteiger partial charge in [-0.25, -0.2) is 0 Å². The van der Waals surface area contributed by atoms with Gasteiger partial charge in [0.15, 0.2) is 0 Å². The van der Waals surface area contributed by atoms with E-state index in [1.165, 1.54) is 18.4 Å². The number of ether oxygens (including phenoxy) is 1. The Morgan fingerprint density at radius 3 is 2.43 bits per heavy atom. The molecule has 1 fully saturated rings. The summed E-state index contributed by atoms with van der Waals surface area (Å²) in [6.45, 7) is 4.47. The molecule has 1 heterocycles. The monoisotopic (exact) mass is 190 g/mol. The second-order valence-electron chi connectivity index (χ2n) is 4.40. The van der Waals surface area contributed by atoms with Gasteiger partial charge in [-0.2, -0.15) is 0 Å². The van der Waals surface area contributed by atoms with E-state index in [4.69, 9.17) is 4.74 Å². The first-order chi connectivity index (χ1) is 6.77. The molecule has 2 unspecified atom stereocenters. The van der Waals surface area contributed by atoms with Crippen LogP contribution in [0.15, 0.2) is 30.3 Å². The molecule has 1 heteroatoms. The van der Waals surface area contributed by atoms with Crippen molar-refractivity contribution in [3.63, 3.8) is 0 Å². The third kappa shape index (κ3) is 1.98. The number of benzene rings is 1. The van der Waals surface area contributed by atoms with Crippen molar-refractivity contribution < 1.29 is 4.74 Å². The summed E-state index contributed by atoms with van der Waals surface area (Å²) in [5.74, 6) is 0.642. The van der Waals surface area contributed by atoms with Gasteiger partial charge in [-0.3, -0.25) is 0 Å². The molecule has 1 aromatic rings. The summed E-state index contributed by atoms with van der Waals surface area (Å²) in [4.78, 5) is 0. The van der Waals surface area contributed by atoms with Crippen molar-refractivity contribution in [3.05, 3.63) is 35.9 Å². The molecule has 2 rings (SSSR count). The van der Waals surface area contributed by atoms with Gasteiger partial charge in [-0.15, -0.1) is 0 Å². The van der Waals surface area contributed by atoms with E-state index in [9.17, 15) is 0 Å². The van der Waals surface area contributed by atoms with Crippen molar-refractivity contribution in [2.24, 2.45) is 5.92 Å². The Morgan fingerprint density at radius 2 is 1.86 bits per heavy atom. The Hall–Kier alpha value is -0.820. The minimum Gasteiger partial charge on any atom is -0.370 e. The van der Waals surface area contributed by atoms with Gasteiger partial charge in [0.2, 0.25) is 0 Å². The van der Waals surface area contributed by atoms with Crippen molar-refractivity contribution in [2.45, 2.75) is 38.9 Å². The van der Waals surface area contributed by atoms with Crippen LogP contribution in [0.1, 0.15) is 38.4 Å². The molecule has 0 spiro atoms. The van der Waals surface area contributed by atoms with E-state index in [-0.39, 0.29) is 0 Å². The normalized spacial score (nSPS) is 27.1. The molecule has 0 amide bonds. The molecule has 1 aliphatic rings. The van der Waals surface area contributed by atoms with E-state index in [1.54, 1.807) is 0 Å². The molecule has 1 nitrogen and oxygen atoms in total. The number of hydrogen-bond donors (Lipinski definition) is 0. The van der Waals surface area contributed by atoms with Gasteiger partial charge in [0.1, 0.15) is 0 Å². The topological polar surface area (TPSA) is 9.23 Å². The SMILES string of the molecule is CC(C)C1CCC(c2ccccc2)O1. The molecule has 1 aliphatic heterocycles. The summed E-state index contributed by atoms with van der Waals surface area (Å²) in [7, 11) is 0. The van der Waals surface area contributed by atoms with E-state index in [1.807, 2.05) is 0 Å². The molecule has 0 aromatic heterocycles. The predicted molar refractivity (Wildman–Crippen MR) is 58.1 cm³/mol. The lowest BCUT2D eigenvalue weighted by atomic mass is 10.0. The van der Waals surface area contributed by atoms with Crippen LogP contribution >= 0.6 is 0 Å². The predicted octanol–water partition coefficient (Wildman–Crippen LogP) is 3.56. The summed E-state index contributed by atoms with van der Waals surface area (Å²) < 4.78 is 6.01. The van der Waals surface area contributed by atoms with Crippen LogP contribution in [0.5, 0.6) is 0 Å². The van der Waals surface area contributed by atoms with Crippen LogP contribution in [0.4, 0.5) is 0 Å². The Bertz CT molecular complexity index is 279. The van der Waals surface area contributed by atoms with E-state index < -0.39 is 0 Å². The lowest BCUT2D eigenvalue weighted by molar-refractivity contribution is 0.0188. The fraction of sp³-hybridized carbons (Fsp3) is 0.538. The van der Waals surface area contributed by atoms with E-state index in [2.05, 4.69) is 44.2 Å². The molecule has 0 bridgehead atoms. The van der Waals surface area contributed by atoms with Gasteiger partial charge in [0.05, 0.1) is 12.2 Å². The fourth-order valence-corrected chi connectivity index (χ4v) is 2.07. The smallest absolute Gasteiger partial charge is 0.0829 e. The summed E-state index contributed by atoms with van der Waals surface area (Å²) in [5, 5.41) is 0. The largest absolute Gasteiger partial charge is 0.370 e. The van der Waals surface area contributed by atoms with Gasteiger partial charge >= 0.3 is 0 Å². The molecular formula is C13H18O. The molecule has 0 N–H and O–H groups in total. The lowest BCUT2D eigenvalue weighted by Crippen LogP contribution is -2.13. The van der Waals surface area contributed by atoms with Crippen molar-refractivity contribution in [2.75, 3.05) is 0 Å². The van der Waals surface area contributed by atoms with Crippen molar-refractivity contribution in [1.29, 1.82) is 0 Å². The van der Waals surface area contributed by atoms with Crippen LogP contribution in [0, 0.1) is 5.92 Å². The van der Waals surface area contributed by atoms with E-state index in [0.717, 1.165) is 0 Å². The van der Waals surface area contributed by atoms with E-state index in [0.29, 0.717) is 18.1 Å². The summed E-state index contributed by atoms with van der Waals surface area (Å²) in [5.41, 5.74) is 1.33. The maximum Gasteiger partial charge on any atom is 0.0829 e. The standard InChI is InChI=1S/C13H18O/c1-10(2)12-8-9-13(14-12)11-6-4-3-5-7-11/h3-7,10,12-13H,8-9H2,1-2H3. The van der Waals surface area contributed by atoms with Crippen LogP contribution in [0.3, 0.4) is 0 Å². The zero-order chi connectivity index (χ0) is 9.97. The summed E-state index contributed by atoms with van der Waals surface area (Å²) >= 11 is 0. The van der Waals surface area contributed by atoms with Gasteiger partial charge in [-0.1, -0.05) is 44.2 Å². The maximum absolute atomic E-state index is 6.01. The number of rotatable bonds is 2. The molecule has 1 saturated heterocycles. The van der Waals surface area contributed by atoms with Crippen LogP contribution in [-0.4, -0.2) is 6.10 Å². The minimum atomic E-state index is 0.337. The highest BCUT2D eigenvalue weighted by Crippen LogP contribution is 2.35. The van der Waals surface area contributed by atoms with Crippen molar-refractivity contribution in [1.82, 2.24) is 0 Å². The average Bonchev–Trinajstić information content (AvgIpc) is 2.68. The molecule has 0 radical (unpaired) electrons. The highest BCUT2D eigenvalue weighted by molar-refractivity contribution is 5.18. The Kier molecular flexibility index (Phi) is 2.87. The second-order valence-corrected chi connectivity index (χ2v) is 4.40. The molecule has 14 heavy (non-hydrogen) atoms. The first kappa shape index (κ1) is 9.72. The van der Waals surface area contributed by atoms with Crippen LogP contribution in [-0.2, 0) is 4.74 Å². The zero-order valence-electron chi connectivity index (χ0n) is 8.94. The maximum atomic E-state index is 6.01. The lowest BCUT2D eigenvalue weighted by Gasteiger charge is -2.16. The quantitative estimate of drug-likeness (QED) is 0.692. The molecule has 0 saturated carbocycles. The zero-order valence-corrected chi connectivity index (χ0v) is 8.94. The Balaban J connectivity index is 2.03. The summed E-state index contributed by atoms with van der Waals surface area (Å²) in [6.07, 6.45) is 3.17. The van der Waals surface area contributed by atoms with E-state index >= 15 is 0 Å². The minimum absolute atomic E-state index is 0.337.